The third kappa shape index (κ3) is 1.61. The maximum atomic E-state index is 12.0. The van der Waals surface area contributed by atoms with E-state index in [0.717, 1.165) is 10.5 Å². The topological polar surface area (TPSA) is 37.8 Å². The Hall–Kier alpha value is -1.52. The number of hydrogen-bond donors (Lipinski definition) is 1. The molecule has 0 unspecified atom stereocenters. The van der Waals surface area contributed by atoms with Crippen LogP contribution in [-0.4, -0.2) is 9.55 Å². The molecule has 0 bridgehead atoms. The number of aromatic amines is 1. The van der Waals surface area contributed by atoms with Gasteiger partial charge >= 0.3 is 5.69 Å². The summed E-state index contributed by atoms with van der Waals surface area (Å²) < 4.78 is 1.65. The Morgan fingerprint density at radius 3 is 2.82 bits per heavy atom. The van der Waals surface area contributed by atoms with E-state index < -0.39 is 0 Å². The number of para-hydroxylation sites is 1. The summed E-state index contributed by atoms with van der Waals surface area (Å²) in [5.41, 5.74) is 1.34. The van der Waals surface area contributed by atoms with Crippen LogP contribution < -0.4 is 5.69 Å². The molecule has 3 nitrogen and oxygen atoms in total. The lowest BCUT2D eigenvalue weighted by Crippen LogP contribution is -2.13. The van der Waals surface area contributed by atoms with E-state index in [1.165, 1.54) is 4.88 Å². The molecule has 0 fully saturated rings. The van der Waals surface area contributed by atoms with Gasteiger partial charge in [0.2, 0.25) is 0 Å². The van der Waals surface area contributed by atoms with E-state index in [-0.39, 0.29) is 5.69 Å². The molecule has 0 saturated carbocycles. The zero-order valence-corrected chi connectivity index (χ0v) is 10.6. The van der Waals surface area contributed by atoms with E-state index in [1.54, 1.807) is 22.0 Å². The summed E-state index contributed by atoms with van der Waals surface area (Å²) in [5, 5.41) is 1.47. The molecular weight excluding hydrogens is 256 g/mol. The molecule has 86 valence electrons. The number of benzene rings is 1. The molecule has 0 amide bonds. The van der Waals surface area contributed by atoms with E-state index in [0.29, 0.717) is 10.5 Å². The predicted octanol–water partition coefficient (Wildman–Crippen LogP) is 3.34. The van der Waals surface area contributed by atoms with Crippen molar-refractivity contribution in [2.45, 2.75) is 6.92 Å². The minimum atomic E-state index is -0.157. The number of nitrogens with zero attached hydrogens (tertiary/aromatic N) is 1. The Kier molecular flexibility index (Phi) is 2.34. The first-order valence-corrected chi connectivity index (χ1v) is 6.32. The van der Waals surface area contributed by atoms with Crippen molar-refractivity contribution in [1.29, 1.82) is 0 Å². The fourth-order valence-electron chi connectivity index (χ4n) is 1.86. The molecule has 0 radical (unpaired) electrons. The molecule has 5 heteroatoms. The molecule has 0 spiro atoms. The Morgan fingerprint density at radius 1 is 1.29 bits per heavy atom. The second-order valence-corrected chi connectivity index (χ2v) is 5.46. The summed E-state index contributed by atoms with van der Waals surface area (Å²) in [5.74, 6) is 0. The lowest BCUT2D eigenvalue weighted by atomic mass is 10.3. The van der Waals surface area contributed by atoms with E-state index in [1.807, 2.05) is 31.2 Å². The maximum absolute atomic E-state index is 12.0. The summed E-state index contributed by atoms with van der Waals surface area (Å²) in [4.78, 5) is 15.9. The fraction of sp³-hybridized carbons (Fsp3) is 0.0833. The van der Waals surface area contributed by atoms with Gasteiger partial charge in [-0.25, -0.2) is 4.79 Å². The van der Waals surface area contributed by atoms with Crippen LogP contribution in [0.5, 0.6) is 0 Å². The van der Waals surface area contributed by atoms with E-state index in [9.17, 15) is 4.79 Å². The molecule has 0 saturated heterocycles. The summed E-state index contributed by atoms with van der Waals surface area (Å²) >= 11 is 7.64. The highest BCUT2D eigenvalue weighted by Crippen LogP contribution is 2.25. The largest absolute Gasteiger partial charge is 0.331 e. The number of H-pyrrole nitrogens is 1. The number of fused-ring (bicyclic) bond motifs is 1. The molecule has 17 heavy (non-hydrogen) atoms. The first-order chi connectivity index (χ1) is 8.16. The van der Waals surface area contributed by atoms with Crippen molar-refractivity contribution in [3.8, 4) is 5.00 Å². The predicted molar refractivity (Wildman–Crippen MR) is 71.5 cm³/mol. The summed E-state index contributed by atoms with van der Waals surface area (Å²) in [6.07, 6.45) is 0. The van der Waals surface area contributed by atoms with Gasteiger partial charge in [-0.05, 0) is 31.2 Å². The zero-order valence-electron chi connectivity index (χ0n) is 9.03. The Balaban J connectivity index is 2.40. The Labute approximate surface area is 106 Å². The van der Waals surface area contributed by atoms with Gasteiger partial charge in [-0.15, -0.1) is 11.3 Å². The lowest BCUT2D eigenvalue weighted by Gasteiger charge is -1.98. The van der Waals surface area contributed by atoms with Gasteiger partial charge in [-0.2, -0.15) is 0 Å². The second kappa shape index (κ2) is 3.75. The van der Waals surface area contributed by atoms with Gasteiger partial charge in [-0.3, -0.25) is 4.57 Å². The van der Waals surface area contributed by atoms with Crippen molar-refractivity contribution in [3.05, 3.63) is 50.7 Å². The van der Waals surface area contributed by atoms with E-state index in [4.69, 9.17) is 11.6 Å². The molecular formula is C12H9ClN2OS. The lowest BCUT2D eigenvalue weighted by molar-refractivity contribution is 1.04. The van der Waals surface area contributed by atoms with Crippen molar-refractivity contribution in [2.75, 3.05) is 0 Å². The molecule has 3 aromatic rings. The third-order valence-electron chi connectivity index (χ3n) is 2.61. The quantitative estimate of drug-likeness (QED) is 0.719. The van der Waals surface area contributed by atoms with E-state index >= 15 is 0 Å². The van der Waals surface area contributed by atoms with Crippen LogP contribution in [0.3, 0.4) is 0 Å². The van der Waals surface area contributed by atoms with Crippen LogP contribution in [0.15, 0.2) is 35.1 Å². The summed E-state index contributed by atoms with van der Waals surface area (Å²) in [6.45, 7) is 2.01. The number of aryl methyl sites for hydroxylation is 1. The number of nitrogens with one attached hydrogen (secondary N) is 1. The Bertz CT molecular complexity index is 753. The van der Waals surface area contributed by atoms with Crippen LogP contribution in [0.25, 0.3) is 16.0 Å². The summed E-state index contributed by atoms with van der Waals surface area (Å²) in [7, 11) is 0. The van der Waals surface area contributed by atoms with Crippen molar-refractivity contribution in [3.63, 3.8) is 0 Å². The van der Waals surface area contributed by atoms with Crippen LogP contribution in [0.1, 0.15) is 4.88 Å². The van der Waals surface area contributed by atoms with Crippen LogP contribution in [0, 0.1) is 6.92 Å². The van der Waals surface area contributed by atoms with Gasteiger partial charge in [0.05, 0.1) is 16.1 Å². The molecule has 2 heterocycles. The monoisotopic (exact) mass is 264 g/mol. The highest BCUT2D eigenvalue weighted by atomic mass is 35.5. The highest BCUT2D eigenvalue weighted by molar-refractivity contribution is 7.14. The van der Waals surface area contributed by atoms with Crippen LogP contribution in [-0.2, 0) is 0 Å². The average Bonchev–Trinajstić information content (AvgIpc) is 2.82. The SMILES string of the molecule is Cc1ccc(-n2c(=O)[nH]c3c(Cl)cccc32)s1. The van der Waals surface area contributed by atoms with Crippen LogP contribution >= 0.6 is 22.9 Å². The molecule has 1 aromatic carbocycles. The van der Waals surface area contributed by atoms with Crippen molar-refractivity contribution in [2.24, 2.45) is 0 Å². The van der Waals surface area contributed by atoms with Gasteiger partial charge in [-0.1, -0.05) is 17.7 Å². The minimum absolute atomic E-state index is 0.157. The summed E-state index contributed by atoms with van der Waals surface area (Å²) in [6, 6.07) is 9.43. The Morgan fingerprint density at radius 2 is 2.12 bits per heavy atom. The number of imidazole rings is 1. The van der Waals surface area contributed by atoms with Crippen LogP contribution in [0.4, 0.5) is 0 Å². The van der Waals surface area contributed by atoms with Gasteiger partial charge < -0.3 is 4.98 Å². The van der Waals surface area contributed by atoms with Gasteiger partial charge in [0.1, 0.15) is 5.00 Å². The van der Waals surface area contributed by atoms with Crippen molar-refractivity contribution in [1.82, 2.24) is 9.55 Å². The third-order valence-corrected chi connectivity index (χ3v) is 3.91. The standard InChI is InChI=1S/C12H9ClN2OS/c1-7-5-6-10(17-7)15-9-4-2-3-8(13)11(9)14-12(15)16/h2-6H,1H3,(H,14,16). The fourth-order valence-corrected chi connectivity index (χ4v) is 2.95. The molecule has 2 aromatic heterocycles. The number of aromatic nitrogens is 2. The van der Waals surface area contributed by atoms with Crippen molar-refractivity contribution < 1.29 is 0 Å². The van der Waals surface area contributed by atoms with Gasteiger partial charge in [0, 0.05) is 4.88 Å². The molecule has 0 aliphatic rings. The number of halogens is 1. The van der Waals surface area contributed by atoms with Gasteiger partial charge in [0.25, 0.3) is 0 Å². The molecule has 3 rings (SSSR count). The molecule has 0 atom stereocenters. The van der Waals surface area contributed by atoms with Gasteiger partial charge in [0.15, 0.2) is 0 Å². The number of hydrogen-bond acceptors (Lipinski definition) is 2. The smallest absolute Gasteiger partial charge is 0.304 e. The van der Waals surface area contributed by atoms with Crippen molar-refractivity contribution >= 4 is 34.0 Å². The average molecular weight is 265 g/mol. The highest BCUT2D eigenvalue weighted by Gasteiger charge is 2.11. The maximum Gasteiger partial charge on any atom is 0.331 e. The first-order valence-electron chi connectivity index (χ1n) is 5.13. The molecule has 1 N–H and O–H groups in total. The molecule has 0 aliphatic heterocycles. The minimum Gasteiger partial charge on any atom is -0.304 e. The van der Waals surface area contributed by atoms with Crippen LogP contribution in [0.2, 0.25) is 5.02 Å². The number of rotatable bonds is 1. The zero-order chi connectivity index (χ0) is 12.0. The first kappa shape index (κ1) is 10.6. The number of thiophene rings is 1. The second-order valence-electron chi connectivity index (χ2n) is 3.78. The molecule has 0 aliphatic carbocycles. The van der Waals surface area contributed by atoms with E-state index in [2.05, 4.69) is 4.98 Å². The normalized spacial score (nSPS) is 11.2.